The van der Waals surface area contributed by atoms with E-state index in [1.807, 2.05) is 24.3 Å². The van der Waals surface area contributed by atoms with Crippen molar-refractivity contribution in [3.8, 4) is 16.3 Å². The molecule has 3 atom stereocenters. The molecule has 2 fully saturated rings. The first kappa shape index (κ1) is 14.7. The maximum absolute atomic E-state index is 12.5. The van der Waals surface area contributed by atoms with Gasteiger partial charge < -0.3 is 15.4 Å². The summed E-state index contributed by atoms with van der Waals surface area (Å²) in [5, 5.41) is 6.72. The average molecular weight is 329 g/mol. The number of nitrogens with zero attached hydrogens (tertiary/aromatic N) is 1. The lowest BCUT2D eigenvalue weighted by atomic mass is 9.95. The standard InChI is InChI=1S/C17H19N3O2S/c1-22-11-3-5-13(18-9-11)15-6-7-16(23-15)17(21)20-14-8-10-2-4-12(14)19-10/h3,5-7,9-10,12,14,19H,2,4,8H2,1H3,(H,20,21)/t10-,12+,14-/m1/s1. The topological polar surface area (TPSA) is 63.2 Å². The highest BCUT2D eigenvalue weighted by atomic mass is 32.1. The van der Waals surface area contributed by atoms with E-state index >= 15 is 0 Å². The lowest BCUT2D eigenvalue weighted by Gasteiger charge is -2.20. The normalized spacial score (nSPS) is 25.5. The number of fused-ring (bicyclic) bond motifs is 2. The number of hydrogen-bond donors (Lipinski definition) is 2. The zero-order valence-electron chi connectivity index (χ0n) is 12.9. The van der Waals surface area contributed by atoms with Gasteiger partial charge in [0.05, 0.1) is 28.8 Å². The number of carbonyl (C=O) groups is 1. The fourth-order valence-electron chi connectivity index (χ4n) is 3.47. The zero-order valence-corrected chi connectivity index (χ0v) is 13.7. The molecule has 2 aromatic heterocycles. The summed E-state index contributed by atoms with van der Waals surface area (Å²) in [6, 6.07) is 8.93. The van der Waals surface area contributed by atoms with Gasteiger partial charge in [0, 0.05) is 18.1 Å². The Morgan fingerprint density at radius 1 is 1.35 bits per heavy atom. The van der Waals surface area contributed by atoms with Gasteiger partial charge in [0.25, 0.3) is 5.91 Å². The van der Waals surface area contributed by atoms with E-state index in [2.05, 4.69) is 15.6 Å². The second-order valence-electron chi connectivity index (χ2n) is 6.11. The summed E-state index contributed by atoms with van der Waals surface area (Å²) in [6.07, 6.45) is 5.15. The number of pyridine rings is 1. The largest absolute Gasteiger partial charge is 0.495 e. The smallest absolute Gasteiger partial charge is 0.261 e. The monoisotopic (exact) mass is 329 g/mol. The van der Waals surface area contributed by atoms with Crippen LogP contribution in [0.5, 0.6) is 5.75 Å². The lowest BCUT2D eigenvalue weighted by Crippen LogP contribution is -2.42. The van der Waals surface area contributed by atoms with E-state index in [-0.39, 0.29) is 11.9 Å². The number of nitrogens with one attached hydrogen (secondary N) is 2. The molecule has 4 heterocycles. The Morgan fingerprint density at radius 3 is 2.91 bits per heavy atom. The lowest BCUT2D eigenvalue weighted by molar-refractivity contribution is 0.0935. The summed E-state index contributed by atoms with van der Waals surface area (Å²) in [7, 11) is 1.62. The van der Waals surface area contributed by atoms with Crippen molar-refractivity contribution in [2.24, 2.45) is 0 Å². The molecule has 0 unspecified atom stereocenters. The third-order valence-corrected chi connectivity index (χ3v) is 5.78. The Kier molecular flexibility index (Phi) is 3.79. The molecule has 0 spiro atoms. The van der Waals surface area contributed by atoms with Crippen molar-refractivity contribution in [2.45, 2.75) is 37.4 Å². The number of amides is 1. The molecule has 4 rings (SSSR count). The fourth-order valence-corrected chi connectivity index (χ4v) is 4.35. The molecule has 120 valence electrons. The van der Waals surface area contributed by atoms with Crippen LogP contribution in [0.4, 0.5) is 0 Å². The summed E-state index contributed by atoms with van der Waals surface area (Å²) < 4.78 is 5.12. The Morgan fingerprint density at radius 2 is 2.26 bits per heavy atom. The SMILES string of the molecule is COc1ccc(-c2ccc(C(=O)N[C@@H]3C[C@H]4CC[C@@H]3N4)s2)nc1. The molecule has 2 saturated heterocycles. The summed E-state index contributed by atoms with van der Waals surface area (Å²) >= 11 is 1.48. The molecule has 2 aliphatic rings. The van der Waals surface area contributed by atoms with E-state index in [9.17, 15) is 4.79 Å². The molecule has 1 amide bonds. The number of thiophene rings is 1. The molecule has 5 nitrogen and oxygen atoms in total. The van der Waals surface area contributed by atoms with Crippen molar-refractivity contribution in [3.63, 3.8) is 0 Å². The minimum absolute atomic E-state index is 0.0223. The van der Waals surface area contributed by atoms with E-state index < -0.39 is 0 Å². The van der Waals surface area contributed by atoms with Gasteiger partial charge in [0.2, 0.25) is 0 Å². The van der Waals surface area contributed by atoms with Crippen molar-refractivity contribution >= 4 is 17.2 Å². The highest BCUT2D eigenvalue weighted by Crippen LogP contribution is 2.30. The van der Waals surface area contributed by atoms with Gasteiger partial charge in [0.1, 0.15) is 5.75 Å². The van der Waals surface area contributed by atoms with Crippen LogP contribution in [0.15, 0.2) is 30.5 Å². The molecule has 2 bridgehead atoms. The van der Waals surface area contributed by atoms with Gasteiger partial charge in [-0.25, -0.2) is 0 Å². The van der Waals surface area contributed by atoms with Crippen LogP contribution in [0.3, 0.4) is 0 Å². The Balaban J connectivity index is 1.45. The molecule has 0 radical (unpaired) electrons. The number of aromatic nitrogens is 1. The number of methoxy groups -OCH3 is 1. The van der Waals surface area contributed by atoms with Crippen LogP contribution in [0.2, 0.25) is 0 Å². The molecule has 23 heavy (non-hydrogen) atoms. The number of rotatable bonds is 4. The Labute approximate surface area is 139 Å². The van der Waals surface area contributed by atoms with Crippen molar-refractivity contribution in [1.29, 1.82) is 0 Å². The van der Waals surface area contributed by atoms with Gasteiger partial charge in [-0.1, -0.05) is 0 Å². The molecule has 2 aromatic rings. The van der Waals surface area contributed by atoms with Crippen molar-refractivity contribution in [3.05, 3.63) is 35.3 Å². The van der Waals surface area contributed by atoms with Crippen molar-refractivity contribution in [2.75, 3.05) is 7.11 Å². The van der Waals surface area contributed by atoms with E-state index in [1.54, 1.807) is 13.3 Å². The van der Waals surface area contributed by atoms with Crippen LogP contribution >= 0.6 is 11.3 Å². The van der Waals surface area contributed by atoms with E-state index in [0.717, 1.165) is 27.6 Å². The number of ether oxygens (including phenoxy) is 1. The van der Waals surface area contributed by atoms with Crippen LogP contribution < -0.4 is 15.4 Å². The first-order valence-electron chi connectivity index (χ1n) is 7.90. The zero-order chi connectivity index (χ0) is 15.8. The highest BCUT2D eigenvalue weighted by molar-refractivity contribution is 7.17. The van der Waals surface area contributed by atoms with Crippen LogP contribution in [0.1, 0.15) is 28.9 Å². The number of carbonyl (C=O) groups excluding carboxylic acids is 1. The van der Waals surface area contributed by atoms with Crippen LogP contribution in [-0.2, 0) is 0 Å². The number of hydrogen-bond acceptors (Lipinski definition) is 5. The average Bonchev–Trinajstić information content (AvgIpc) is 3.31. The van der Waals surface area contributed by atoms with Crippen LogP contribution in [-0.4, -0.2) is 36.1 Å². The first-order valence-corrected chi connectivity index (χ1v) is 8.72. The van der Waals surface area contributed by atoms with Crippen molar-refractivity contribution in [1.82, 2.24) is 15.6 Å². The summed E-state index contributed by atoms with van der Waals surface area (Å²) in [4.78, 5) is 18.5. The molecular formula is C17H19N3O2S. The van der Waals surface area contributed by atoms with Gasteiger partial charge in [-0.05, 0) is 43.5 Å². The highest BCUT2D eigenvalue weighted by Gasteiger charge is 2.39. The molecule has 0 aliphatic carbocycles. The maximum Gasteiger partial charge on any atom is 0.261 e. The van der Waals surface area contributed by atoms with Gasteiger partial charge >= 0.3 is 0 Å². The summed E-state index contributed by atoms with van der Waals surface area (Å²) in [6.45, 7) is 0. The van der Waals surface area contributed by atoms with Crippen LogP contribution in [0, 0.1) is 0 Å². The van der Waals surface area contributed by atoms with Crippen molar-refractivity contribution < 1.29 is 9.53 Å². The first-order chi connectivity index (χ1) is 11.2. The molecule has 0 aromatic carbocycles. The predicted molar refractivity (Wildman–Crippen MR) is 89.9 cm³/mol. The molecule has 2 N–H and O–H groups in total. The summed E-state index contributed by atoms with van der Waals surface area (Å²) in [5.41, 5.74) is 0.858. The van der Waals surface area contributed by atoms with E-state index in [0.29, 0.717) is 12.1 Å². The van der Waals surface area contributed by atoms with Gasteiger partial charge in [-0.3, -0.25) is 9.78 Å². The van der Waals surface area contributed by atoms with Crippen LogP contribution in [0.25, 0.3) is 10.6 Å². The van der Waals surface area contributed by atoms with Gasteiger partial charge in [-0.15, -0.1) is 11.3 Å². The van der Waals surface area contributed by atoms with Gasteiger partial charge in [-0.2, -0.15) is 0 Å². The third kappa shape index (κ3) is 2.84. The Bertz CT molecular complexity index is 713. The van der Waals surface area contributed by atoms with E-state index in [4.69, 9.17) is 4.74 Å². The Hall–Kier alpha value is -1.92. The van der Waals surface area contributed by atoms with E-state index in [1.165, 1.54) is 24.2 Å². The predicted octanol–water partition coefficient (Wildman–Crippen LogP) is 2.44. The van der Waals surface area contributed by atoms with Gasteiger partial charge in [0.15, 0.2) is 0 Å². The fraction of sp³-hybridized carbons (Fsp3) is 0.412. The molecule has 6 heteroatoms. The minimum atomic E-state index is 0.0223. The molecule has 2 aliphatic heterocycles. The molecule has 0 saturated carbocycles. The third-order valence-electron chi connectivity index (χ3n) is 4.67. The minimum Gasteiger partial charge on any atom is -0.495 e. The second kappa shape index (κ2) is 5.94. The quantitative estimate of drug-likeness (QED) is 0.904. The molecular weight excluding hydrogens is 310 g/mol. The maximum atomic E-state index is 12.5. The second-order valence-corrected chi connectivity index (χ2v) is 7.19. The summed E-state index contributed by atoms with van der Waals surface area (Å²) in [5.74, 6) is 0.751.